The number of hydrogen-bond acceptors (Lipinski definition) is 7. The van der Waals surface area contributed by atoms with Crippen LogP contribution in [0.4, 0.5) is 22.7 Å². The summed E-state index contributed by atoms with van der Waals surface area (Å²) < 4.78 is 5.31. The molecule has 0 saturated carbocycles. The molecule has 1 amide bonds. The molecule has 29 heavy (non-hydrogen) atoms. The minimum atomic E-state index is -0.511. The Bertz CT molecular complexity index is 969. The Hall–Kier alpha value is -3.79. The number of benzene rings is 2. The molecule has 0 spiro atoms. The van der Waals surface area contributed by atoms with Gasteiger partial charge >= 0.3 is 0 Å². The van der Waals surface area contributed by atoms with Crippen molar-refractivity contribution in [2.45, 2.75) is 0 Å². The SMILES string of the molecule is O=C(/C=C/c1cccc([N+](=O)[O-])c1)Nc1ccc([N+](=O)[O-])cc1N1CCOCC1. The number of anilines is 2. The van der Waals surface area contributed by atoms with Crippen molar-refractivity contribution < 1.29 is 19.4 Å². The molecule has 1 heterocycles. The smallest absolute Gasteiger partial charge is 0.271 e. The van der Waals surface area contributed by atoms with Crippen molar-refractivity contribution >= 4 is 34.7 Å². The monoisotopic (exact) mass is 398 g/mol. The van der Waals surface area contributed by atoms with Gasteiger partial charge in [0, 0.05) is 43.4 Å². The van der Waals surface area contributed by atoms with Crippen LogP contribution in [0.5, 0.6) is 0 Å². The third-order valence-corrected chi connectivity index (χ3v) is 4.31. The summed E-state index contributed by atoms with van der Waals surface area (Å²) in [6.45, 7) is 2.08. The maximum absolute atomic E-state index is 12.3. The number of hydrogen-bond donors (Lipinski definition) is 1. The minimum Gasteiger partial charge on any atom is -0.378 e. The van der Waals surface area contributed by atoms with Crippen LogP contribution < -0.4 is 10.2 Å². The highest BCUT2D eigenvalue weighted by molar-refractivity contribution is 6.04. The van der Waals surface area contributed by atoms with Crippen LogP contribution in [0.25, 0.3) is 6.08 Å². The molecular weight excluding hydrogens is 380 g/mol. The number of nitrogens with zero attached hydrogens (tertiary/aromatic N) is 3. The lowest BCUT2D eigenvalue weighted by molar-refractivity contribution is -0.385. The highest BCUT2D eigenvalue weighted by Gasteiger charge is 2.19. The highest BCUT2D eigenvalue weighted by atomic mass is 16.6. The molecule has 1 aliphatic rings. The Morgan fingerprint density at radius 2 is 1.72 bits per heavy atom. The summed E-state index contributed by atoms with van der Waals surface area (Å²) in [7, 11) is 0. The van der Waals surface area contributed by atoms with Gasteiger partial charge in [-0.25, -0.2) is 0 Å². The largest absolute Gasteiger partial charge is 0.378 e. The molecule has 150 valence electrons. The minimum absolute atomic E-state index is 0.0717. The fraction of sp³-hybridized carbons (Fsp3) is 0.211. The summed E-state index contributed by atoms with van der Waals surface area (Å²) >= 11 is 0. The van der Waals surface area contributed by atoms with Gasteiger partial charge in [-0.15, -0.1) is 0 Å². The summed E-state index contributed by atoms with van der Waals surface area (Å²) in [6, 6.07) is 10.1. The molecule has 1 fully saturated rings. The molecule has 1 N–H and O–H groups in total. The summed E-state index contributed by atoms with van der Waals surface area (Å²) in [5.74, 6) is -0.458. The number of ether oxygens (including phenoxy) is 1. The van der Waals surface area contributed by atoms with Gasteiger partial charge in [0.1, 0.15) is 0 Å². The van der Waals surface area contributed by atoms with Gasteiger partial charge in [-0.3, -0.25) is 25.0 Å². The van der Waals surface area contributed by atoms with Crippen LogP contribution in [0.15, 0.2) is 48.5 Å². The van der Waals surface area contributed by atoms with Gasteiger partial charge < -0.3 is 15.0 Å². The number of nitrogens with one attached hydrogen (secondary N) is 1. The standard InChI is InChI=1S/C19H18N4O6/c24-19(7-4-14-2-1-3-15(12-14)22(25)26)20-17-6-5-16(23(27)28)13-18(17)21-8-10-29-11-9-21/h1-7,12-13H,8-11H2,(H,20,24)/b7-4+. The third-order valence-electron chi connectivity index (χ3n) is 4.31. The summed E-state index contributed by atoms with van der Waals surface area (Å²) in [4.78, 5) is 35.2. The van der Waals surface area contributed by atoms with E-state index in [9.17, 15) is 25.0 Å². The van der Waals surface area contributed by atoms with Crippen molar-refractivity contribution in [2.24, 2.45) is 0 Å². The summed E-state index contributed by atoms with van der Waals surface area (Å²) in [5.41, 5.74) is 1.34. The molecule has 0 atom stereocenters. The van der Waals surface area contributed by atoms with Gasteiger partial charge in [0.25, 0.3) is 11.4 Å². The van der Waals surface area contributed by atoms with Crippen molar-refractivity contribution in [3.05, 3.63) is 74.3 Å². The predicted octanol–water partition coefficient (Wildman–Crippen LogP) is 2.99. The Morgan fingerprint density at radius 3 is 2.41 bits per heavy atom. The number of morpholine rings is 1. The van der Waals surface area contributed by atoms with Crippen LogP contribution >= 0.6 is 0 Å². The van der Waals surface area contributed by atoms with Crippen molar-refractivity contribution in [1.29, 1.82) is 0 Å². The van der Waals surface area contributed by atoms with E-state index >= 15 is 0 Å². The lowest BCUT2D eigenvalue weighted by atomic mass is 10.2. The zero-order valence-electron chi connectivity index (χ0n) is 15.3. The van der Waals surface area contributed by atoms with E-state index in [1.165, 1.54) is 48.6 Å². The van der Waals surface area contributed by atoms with E-state index in [4.69, 9.17) is 4.74 Å². The molecule has 0 aromatic heterocycles. The van der Waals surface area contributed by atoms with Crippen molar-refractivity contribution in [3.8, 4) is 0 Å². The van der Waals surface area contributed by atoms with Crippen molar-refractivity contribution in [1.82, 2.24) is 0 Å². The van der Waals surface area contributed by atoms with Gasteiger partial charge in [-0.1, -0.05) is 12.1 Å². The topological polar surface area (TPSA) is 128 Å². The first-order valence-electron chi connectivity index (χ1n) is 8.79. The Balaban J connectivity index is 1.79. The van der Waals surface area contributed by atoms with Crippen LogP contribution in [-0.4, -0.2) is 42.1 Å². The zero-order valence-corrected chi connectivity index (χ0v) is 15.3. The fourth-order valence-electron chi connectivity index (χ4n) is 2.89. The van der Waals surface area contributed by atoms with Crippen molar-refractivity contribution in [3.63, 3.8) is 0 Å². The van der Waals surface area contributed by atoms with Crippen LogP contribution in [-0.2, 0) is 9.53 Å². The third kappa shape index (κ3) is 5.14. The molecular formula is C19H18N4O6. The normalized spacial score (nSPS) is 14.0. The molecule has 10 heteroatoms. The number of rotatable bonds is 6. The fourth-order valence-corrected chi connectivity index (χ4v) is 2.89. The van der Waals surface area contributed by atoms with E-state index in [-0.39, 0.29) is 11.4 Å². The van der Waals surface area contributed by atoms with E-state index in [0.29, 0.717) is 43.2 Å². The zero-order chi connectivity index (χ0) is 20.8. The van der Waals surface area contributed by atoms with Crippen LogP contribution in [0, 0.1) is 20.2 Å². The molecule has 1 saturated heterocycles. The number of nitro benzene ring substituents is 2. The number of nitro groups is 2. The second-order valence-corrected chi connectivity index (χ2v) is 6.23. The van der Waals surface area contributed by atoms with E-state index in [2.05, 4.69) is 5.32 Å². The molecule has 2 aromatic carbocycles. The highest BCUT2D eigenvalue weighted by Crippen LogP contribution is 2.31. The molecule has 1 aliphatic heterocycles. The quantitative estimate of drug-likeness (QED) is 0.450. The molecule has 0 bridgehead atoms. The summed E-state index contributed by atoms with van der Waals surface area (Å²) in [6.07, 6.45) is 2.71. The first kappa shape index (κ1) is 20.0. The first-order valence-corrected chi connectivity index (χ1v) is 8.79. The number of carbonyl (C=O) groups excluding carboxylic acids is 1. The molecule has 0 radical (unpaired) electrons. The predicted molar refractivity (Wildman–Crippen MR) is 107 cm³/mol. The van der Waals surface area contributed by atoms with Crippen molar-refractivity contribution in [2.75, 3.05) is 36.5 Å². The van der Waals surface area contributed by atoms with Gasteiger partial charge in [-0.05, 0) is 17.7 Å². The van der Waals surface area contributed by atoms with Gasteiger partial charge in [-0.2, -0.15) is 0 Å². The Labute approximate surface area is 165 Å². The second-order valence-electron chi connectivity index (χ2n) is 6.23. The average Bonchev–Trinajstić information content (AvgIpc) is 2.73. The van der Waals surface area contributed by atoms with E-state index in [1.807, 2.05) is 4.90 Å². The first-order chi connectivity index (χ1) is 13.9. The van der Waals surface area contributed by atoms with E-state index in [1.54, 1.807) is 6.07 Å². The van der Waals surface area contributed by atoms with Gasteiger partial charge in [0.05, 0.1) is 34.4 Å². The molecule has 3 rings (SSSR count). The number of amides is 1. The Morgan fingerprint density at radius 1 is 1.03 bits per heavy atom. The maximum Gasteiger partial charge on any atom is 0.271 e. The van der Waals surface area contributed by atoms with Gasteiger partial charge in [0.15, 0.2) is 0 Å². The van der Waals surface area contributed by atoms with Crippen LogP contribution in [0.1, 0.15) is 5.56 Å². The lowest BCUT2D eigenvalue weighted by Gasteiger charge is -2.30. The van der Waals surface area contributed by atoms with Crippen LogP contribution in [0.2, 0.25) is 0 Å². The van der Waals surface area contributed by atoms with E-state index < -0.39 is 15.8 Å². The summed E-state index contributed by atoms with van der Waals surface area (Å²) in [5, 5.41) is 24.7. The van der Waals surface area contributed by atoms with Gasteiger partial charge in [0.2, 0.25) is 5.91 Å². The molecule has 0 aliphatic carbocycles. The average molecular weight is 398 g/mol. The maximum atomic E-state index is 12.3. The second kappa shape index (κ2) is 8.93. The number of non-ortho nitro benzene ring substituents is 2. The Kier molecular flexibility index (Phi) is 6.15. The molecule has 2 aromatic rings. The molecule has 10 nitrogen and oxygen atoms in total. The lowest BCUT2D eigenvalue weighted by Crippen LogP contribution is -2.36. The molecule has 0 unspecified atom stereocenters. The van der Waals surface area contributed by atoms with E-state index in [0.717, 1.165) is 0 Å². The van der Waals surface area contributed by atoms with Crippen LogP contribution in [0.3, 0.4) is 0 Å². The number of carbonyl (C=O) groups is 1.